The summed E-state index contributed by atoms with van der Waals surface area (Å²) in [5.74, 6) is 0.0398. The number of rotatable bonds is 4. The summed E-state index contributed by atoms with van der Waals surface area (Å²) < 4.78 is 0. The quantitative estimate of drug-likeness (QED) is 0.592. The molecule has 0 aliphatic carbocycles. The molecule has 2 aromatic carbocycles. The lowest BCUT2D eigenvalue weighted by atomic mass is 10.0. The van der Waals surface area contributed by atoms with Gasteiger partial charge in [-0.25, -0.2) is 0 Å². The van der Waals surface area contributed by atoms with Gasteiger partial charge >= 0.3 is 0 Å². The lowest BCUT2D eigenvalue weighted by Gasteiger charge is -2.06. The summed E-state index contributed by atoms with van der Waals surface area (Å²) in [5, 5.41) is 10.9. The summed E-state index contributed by atoms with van der Waals surface area (Å²) in [6.45, 7) is 0.511. The molecule has 0 bridgehead atoms. The monoisotopic (exact) mass is 290 g/mol. The number of aldehydes is 1. The third-order valence-electron chi connectivity index (χ3n) is 3.40. The summed E-state index contributed by atoms with van der Waals surface area (Å²) in [6.07, 6.45) is 3.92. The van der Waals surface area contributed by atoms with Gasteiger partial charge in [0.25, 0.3) is 0 Å². The number of hydrogen-bond acceptors (Lipinski definition) is 4. The number of carbonyl (C=O) groups excluding carboxylic acids is 1. The second-order valence-corrected chi connectivity index (χ2v) is 4.88. The number of aliphatic imine (C=N–C) groups is 1. The highest BCUT2D eigenvalue weighted by molar-refractivity contribution is 6.04. The molecule has 3 aromatic rings. The lowest BCUT2D eigenvalue weighted by molar-refractivity contribution is 0.112. The third-order valence-corrected chi connectivity index (χ3v) is 3.40. The van der Waals surface area contributed by atoms with Crippen molar-refractivity contribution in [2.45, 2.75) is 6.54 Å². The Morgan fingerprint density at radius 2 is 1.91 bits per heavy atom. The van der Waals surface area contributed by atoms with Gasteiger partial charge in [0.1, 0.15) is 5.52 Å². The Morgan fingerprint density at radius 3 is 2.68 bits per heavy atom. The van der Waals surface area contributed by atoms with E-state index in [0.717, 1.165) is 11.8 Å². The van der Waals surface area contributed by atoms with Gasteiger partial charge in [-0.15, -0.1) is 0 Å². The fourth-order valence-corrected chi connectivity index (χ4v) is 2.31. The van der Waals surface area contributed by atoms with Crippen molar-refractivity contribution in [3.05, 3.63) is 71.4 Å². The van der Waals surface area contributed by atoms with Crippen molar-refractivity contribution < 1.29 is 9.90 Å². The second kappa shape index (κ2) is 6.18. The van der Waals surface area contributed by atoms with Crippen molar-refractivity contribution >= 4 is 23.4 Å². The number of pyridine rings is 1. The van der Waals surface area contributed by atoms with Crippen LogP contribution in [0.3, 0.4) is 0 Å². The minimum absolute atomic E-state index is 0.0398. The van der Waals surface area contributed by atoms with E-state index in [9.17, 15) is 9.90 Å². The Labute approximate surface area is 127 Å². The molecule has 0 atom stereocenters. The van der Waals surface area contributed by atoms with E-state index in [-0.39, 0.29) is 5.75 Å². The SMILES string of the molecule is O=Cc1cc(C=NCc2ccccc2)c(O)c2ncccc12. The third kappa shape index (κ3) is 2.72. The number of phenolic OH excluding ortho intramolecular Hbond substituents is 1. The summed E-state index contributed by atoms with van der Waals surface area (Å²) in [6, 6.07) is 14.9. The minimum Gasteiger partial charge on any atom is -0.505 e. The van der Waals surface area contributed by atoms with E-state index in [1.165, 1.54) is 0 Å². The zero-order valence-corrected chi connectivity index (χ0v) is 11.8. The molecule has 108 valence electrons. The van der Waals surface area contributed by atoms with Crippen molar-refractivity contribution in [1.29, 1.82) is 0 Å². The number of nitrogens with zero attached hydrogens (tertiary/aromatic N) is 2. The number of aromatic hydroxyl groups is 1. The first kappa shape index (κ1) is 13.9. The van der Waals surface area contributed by atoms with E-state index in [1.54, 1.807) is 30.6 Å². The van der Waals surface area contributed by atoms with Crippen molar-refractivity contribution in [3.63, 3.8) is 0 Å². The summed E-state index contributed by atoms with van der Waals surface area (Å²) >= 11 is 0. The molecule has 22 heavy (non-hydrogen) atoms. The summed E-state index contributed by atoms with van der Waals surface area (Å²) in [4.78, 5) is 19.7. The largest absolute Gasteiger partial charge is 0.505 e. The van der Waals surface area contributed by atoms with Gasteiger partial charge in [-0.2, -0.15) is 0 Å². The fourth-order valence-electron chi connectivity index (χ4n) is 2.31. The molecule has 1 aromatic heterocycles. The van der Waals surface area contributed by atoms with Crippen LogP contribution in [0.25, 0.3) is 10.9 Å². The highest BCUT2D eigenvalue weighted by atomic mass is 16.3. The maximum atomic E-state index is 11.2. The first-order valence-electron chi connectivity index (χ1n) is 6.89. The first-order valence-corrected chi connectivity index (χ1v) is 6.89. The molecule has 0 saturated heterocycles. The molecule has 1 heterocycles. The molecule has 0 aliphatic rings. The van der Waals surface area contributed by atoms with Crippen LogP contribution in [0.15, 0.2) is 59.7 Å². The maximum absolute atomic E-state index is 11.2. The van der Waals surface area contributed by atoms with Crippen LogP contribution in [0.5, 0.6) is 5.75 Å². The molecule has 3 rings (SSSR count). The standard InChI is InChI=1S/C18H14N2O2/c21-12-15-9-14(11-19-10-13-5-2-1-3-6-13)18(22)17-16(15)7-4-8-20-17/h1-9,11-12,22H,10H2. The van der Waals surface area contributed by atoms with Gasteiger partial charge in [0, 0.05) is 28.9 Å². The van der Waals surface area contributed by atoms with Crippen LogP contribution >= 0.6 is 0 Å². The Morgan fingerprint density at radius 1 is 1.09 bits per heavy atom. The van der Waals surface area contributed by atoms with Gasteiger partial charge in [0.2, 0.25) is 0 Å². The van der Waals surface area contributed by atoms with Crippen LogP contribution in [0, 0.1) is 0 Å². The molecule has 0 radical (unpaired) electrons. The van der Waals surface area contributed by atoms with E-state index in [2.05, 4.69) is 9.98 Å². The summed E-state index contributed by atoms with van der Waals surface area (Å²) in [7, 11) is 0. The van der Waals surface area contributed by atoms with Gasteiger partial charge in [-0.1, -0.05) is 36.4 Å². The van der Waals surface area contributed by atoms with Crippen molar-refractivity contribution in [2.75, 3.05) is 0 Å². The molecule has 0 saturated carbocycles. The molecular weight excluding hydrogens is 276 g/mol. The summed E-state index contributed by atoms with van der Waals surface area (Å²) in [5.41, 5.74) is 2.47. The van der Waals surface area contributed by atoms with Crippen LogP contribution in [-0.2, 0) is 6.54 Å². The van der Waals surface area contributed by atoms with Crippen molar-refractivity contribution in [2.24, 2.45) is 4.99 Å². The Balaban J connectivity index is 1.97. The minimum atomic E-state index is 0.0398. The van der Waals surface area contributed by atoms with E-state index < -0.39 is 0 Å². The Hall–Kier alpha value is -3.01. The molecule has 0 aliphatic heterocycles. The van der Waals surface area contributed by atoms with Crippen LogP contribution < -0.4 is 0 Å². The van der Waals surface area contributed by atoms with Crippen molar-refractivity contribution in [3.8, 4) is 5.75 Å². The normalized spacial score (nSPS) is 11.1. The van der Waals surface area contributed by atoms with Gasteiger partial charge < -0.3 is 5.11 Å². The number of aromatic nitrogens is 1. The molecule has 1 N–H and O–H groups in total. The van der Waals surface area contributed by atoms with Gasteiger partial charge in [-0.05, 0) is 17.7 Å². The molecule has 0 amide bonds. The van der Waals surface area contributed by atoms with Crippen LogP contribution in [-0.4, -0.2) is 22.6 Å². The molecule has 4 nitrogen and oxygen atoms in total. The zero-order chi connectivity index (χ0) is 15.4. The second-order valence-electron chi connectivity index (χ2n) is 4.88. The maximum Gasteiger partial charge on any atom is 0.150 e. The highest BCUT2D eigenvalue weighted by Gasteiger charge is 2.10. The predicted octanol–water partition coefficient (Wildman–Crippen LogP) is 3.37. The average Bonchev–Trinajstić information content (AvgIpc) is 2.58. The van der Waals surface area contributed by atoms with Crippen LogP contribution in [0.1, 0.15) is 21.5 Å². The molecule has 0 fully saturated rings. The Kier molecular flexibility index (Phi) is 3.92. The lowest BCUT2D eigenvalue weighted by Crippen LogP contribution is -1.93. The zero-order valence-electron chi connectivity index (χ0n) is 11.8. The van der Waals surface area contributed by atoms with Crippen molar-refractivity contribution in [1.82, 2.24) is 4.98 Å². The number of carbonyl (C=O) groups is 1. The molecular formula is C18H14N2O2. The number of benzene rings is 2. The number of hydrogen-bond donors (Lipinski definition) is 1. The smallest absolute Gasteiger partial charge is 0.150 e. The van der Waals surface area contributed by atoms with E-state index in [0.29, 0.717) is 28.6 Å². The fraction of sp³-hybridized carbons (Fsp3) is 0.0556. The van der Waals surface area contributed by atoms with Gasteiger partial charge in [0.15, 0.2) is 12.0 Å². The number of phenols is 1. The topological polar surface area (TPSA) is 62.5 Å². The molecule has 0 unspecified atom stereocenters. The number of fused-ring (bicyclic) bond motifs is 1. The molecule has 4 heteroatoms. The van der Waals surface area contributed by atoms with E-state index >= 15 is 0 Å². The van der Waals surface area contributed by atoms with Gasteiger partial charge in [-0.3, -0.25) is 14.8 Å². The van der Waals surface area contributed by atoms with E-state index in [1.807, 2.05) is 30.3 Å². The predicted molar refractivity (Wildman–Crippen MR) is 86.5 cm³/mol. The van der Waals surface area contributed by atoms with Gasteiger partial charge in [0.05, 0.1) is 6.54 Å². The highest BCUT2D eigenvalue weighted by Crippen LogP contribution is 2.28. The average molecular weight is 290 g/mol. The van der Waals surface area contributed by atoms with E-state index in [4.69, 9.17) is 0 Å². The Bertz CT molecular complexity index is 842. The molecule has 0 spiro atoms. The van der Waals surface area contributed by atoms with Crippen LogP contribution in [0.4, 0.5) is 0 Å². The van der Waals surface area contributed by atoms with Crippen LogP contribution in [0.2, 0.25) is 0 Å². The first-order chi connectivity index (χ1) is 10.8.